The van der Waals surface area contributed by atoms with Gasteiger partial charge in [0.15, 0.2) is 0 Å². The summed E-state index contributed by atoms with van der Waals surface area (Å²) in [4.78, 5) is 0. The van der Waals surface area contributed by atoms with Gasteiger partial charge in [0.25, 0.3) is 0 Å². The second-order valence-corrected chi connectivity index (χ2v) is 12.0. The summed E-state index contributed by atoms with van der Waals surface area (Å²) >= 11 is 0. The topological polar surface area (TPSA) is 9.23 Å². The Bertz CT molecular complexity index is 699. The molecule has 1 aliphatic carbocycles. The molecule has 0 atom stereocenters. The highest BCUT2D eigenvalue weighted by molar-refractivity contribution is 6.99. The molecule has 0 saturated heterocycles. The minimum atomic E-state index is -2.44. The molecule has 0 heterocycles. The first-order valence-corrected chi connectivity index (χ1v) is 11.1. The number of benzene rings is 2. The van der Waals surface area contributed by atoms with Crippen molar-refractivity contribution in [3.05, 3.63) is 84.7 Å². The van der Waals surface area contributed by atoms with Gasteiger partial charge in [0.05, 0.1) is 6.26 Å². The van der Waals surface area contributed by atoms with Crippen LogP contribution in [-0.2, 0) is 4.43 Å². The summed E-state index contributed by atoms with van der Waals surface area (Å²) in [5.41, 5.74) is 1.30. The van der Waals surface area contributed by atoms with Crippen molar-refractivity contribution >= 4 is 18.7 Å². The molecular weight excluding hydrogens is 320 g/mol. The number of allylic oxidation sites excluding steroid dienone is 3. The third kappa shape index (κ3) is 3.64. The Morgan fingerprint density at radius 3 is 1.88 bits per heavy atom. The van der Waals surface area contributed by atoms with Crippen molar-refractivity contribution in [1.82, 2.24) is 0 Å². The molecule has 2 heteroatoms. The molecular formula is C23H28OSi. The van der Waals surface area contributed by atoms with E-state index in [1.807, 2.05) is 6.26 Å². The summed E-state index contributed by atoms with van der Waals surface area (Å²) in [7, 11) is -2.44. The Labute approximate surface area is 153 Å². The first kappa shape index (κ1) is 17.8. The van der Waals surface area contributed by atoms with E-state index in [0.29, 0.717) is 0 Å². The van der Waals surface area contributed by atoms with Gasteiger partial charge in [0.2, 0.25) is 0 Å². The van der Waals surface area contributed by atoms with E-state index in [4.69, 9.17) is 4.43 Å². The molecule has 3 rings (SSSR count). The van der Waals surface area contributed by atoms with E-state index in [-0.39, 0.29) is 5.04 Å². The van der Waals surface area contributed by atoms with E-state index in [9.17, 15) is 0 Å². The van der Waals surface area contributed by atoms with Crippen LogP contribution in [0.15, 0.2) is 84.7 Å². The van der Waals surface area contributed by atoms with Crippen LogP contribution in [-0.4, -0.2) is 8.32 Å². The fraction of sp³-hybridized carbons (Fsp3) is 0.304. The van der Waals surface area contributed by atoms with Gasteiger partial charge in [-0.1, -0.05) is 93.6 Å². The predicted octanol–water partition coefficient (Wildman–Crippen LogP) is 5.19. The fourth-order valence-corrected chi connectivity index (χ4v) is 8.04. The molecule has 0 radical (unpaired) electrons. The van der Waals surface area contributed by atoms with Crippen LogP contribution in [0.2, 0.25) is 5.04 Å². The lowest BCUT2D eigenvalue weighted by Gasteiger charge is -2.42. The third-order valence-electron chi connectivity index (χ3n) is 4.97. The standard InChI is InChI=1S/C23H28OSi/c1-23(2,3)25(21-15-9-5-10-16-21,22-17-11-6-12-18-22)24-19-20-13-7-4-8-14-20/h5-7,9-13,15-19H,4,8,14H2,1-3H3. The van der Waals surface area contributed by atoms with Gasteiger partial charge in [0, 0.05) is 0 Å². The maximum atomic E-state index is 6.83. The van der Waals surface area contributed by atoms with Crippen molar-refractivity contribution in [2.45, 2.75) is 45.1 Å². The van der Waals surface area contributed by atoms with Crippen LogP contribution in [0.5, 0.6) is 0 Å². The van der Waals surface area contributed by atoms with E-state index < -0.39 is 8.32 Å². The maximum Gasteiger partial charge on any atom is 0.319 e. The van der Waals surface area contributed by atoms with Crippen molar-refractivity contribution in [3.8, 4) is 0 Å². The van der Waals surface area contributed by atoms with Gasteiger partial charge < -0.3 is 4.43 Å². The average Bonchev–Trinajstić information content (AvgIpc) is 2.64. The van der Waals surface area contributed by atoms with Crippen LogP contribution in [0.1, 0.15) is 40.0 Å². The summed E-state index contributed by atoms with van der Waals surface area (Å²) in [6.07, 6.45) is 10.0. The zero-order valence-electron chi connectivity index (χ0n) is 15.5. The minimum Gasteiger partial charge on any atom is -0.539 e. The van der Waals surface area contributed by atoms with Crippen LogP contribution in [0.4, 0.5) is 0 Å². The molecule has 0 N–H and O–H groups in total. The highest BCUT2D eigenvalue weighted by Crippen LogP contribution is 2.37. The van der Waals surface area contributed by atoms with Crippen LogP contribution in [0.3, 0.4) is 0 Å². The molecule has 0 fully saturated rings. The summed E-state index contributed by atoms with van der Waals surface area (Å²) in [5.74, 6) is 0. The van der Waals surface area contributed by atoms with E-state index in [1.165, 1.54) is 28.8 Å². The molecule has 0 unspecified atom stereocenters. The number of hydrogen-bond donors (Lipinski definition) is 0. The van der Waals surface area contributed by atoms with Crippen molar-refractivity contribution in [2.24, 2.45) is 0 Å². The highest BCUT2D eigenvalue weighted by atomic mass is 28.4. The first-order valence-electron chi connectivity index (χ1n) is 9.18. The number of hydrogen-bond acceptors (Lipinski definition) is 1. The van der Waals surface area contributed by atoms with E-state index in [2.05, 4.69) is 93.6 Å². The monoisotopic (exact) mass is 348 g/mol. The largest absolute Gasteiger partial charge is 0.539 e. The Morgan fingerprint density at radius 2 is 1.44 bits per heavy atom. The molecule has 0 amide bonds. The smallest absolute Gasteiger partial charge is 0.319 e. The van der Waals surface area contributed by atoms with Gasteiger partial charge >= 0.3 is 8.32 Å². The third-order valence-corrected chi connectivity index (χ3v) is 9.85. The molecule has 2 aromatic carbocycles. The maximum absolute atomic E-state index is 6.83. The van der Waals surface area contributed by atoms with Gasteiger partial charge in [-0.05, 0) is 40.2 Å². The predicted molar refractivity (Wildman–Crippen MR) is 110 cm³/mol. The van der Waals surface area contributed by atoms with Crippen molar-refractivity contribution in [3.63, 3.8) is 0 Å². The molecule has 25 heavy (non-hydrogen) atoms. The Hall–Kier alpha value is -2.06. The lowest BCUT2D eigenvalue weighted by molar-refractivity contribution is 0.439. The molecule has 0 spiro atoms. The lowest BCUT2D eigenvalue weighted by atomic mass is 10.0. The summed E-state index contributed by atoms with van der Waals surface area (Å²) < 4.78 is 6.83. The highest BCUT2D eigenvalue weighted by Gasteiger charge is 2.51. The molecule has 0 aliphatic heterocycles. The van der Waals surface area contributed by atoms with Crippen molar-refractivity contribution in [1.29, 1.82) is 0 Å². The van der Waals surface area contributed by atoms with Crippen LogP contribution in [0, 0.1) is 0 Å². The molecule has 2 aromatic rings. The van der Waals surface area contributed by atoms with Gasteiger partial charge in [-0.15, -0.1) is 0 Å². The SMILES string of the molecule is CC(C)(C)[Si](OC=C1C=CCCC1)(c1ccccc1)c1ccccc1. The van der Waals surface area contributed by atoms with Crippen molar-refractivity contribution < 1.29 is 4.43 Å². The first-order chi connectivity index (χ1) is 12.0. The van der Waals surface area contributed by atoms with E-state index in [0.717, 1.165) is 6.42 Å². The lowest BCUT2D eigenvalue weighted by Crippen LogP contribution is -2.65. The summed E-state index contributed by atoms with van der Waals surface area (Å²) in [6.45, 7) is 6.94. The number of rotatable bonds is 4. The quantitative estimate of drug-likeness (QED) is 0.546. The van der Waals surface area contributed by atoms with E-state index >= 15 is 0 Å². The van der Waals surface area contributed by atoms with Gasteiger partial charge in [-0.2, -0.15) is 0 Å². The summed E-state index contributed by atoms with van der Waals surface area (Å²) in [6, 6.07) is 21.6. The Morgan fingerprint density at radius 1 is 0.880 bits per heavy atom. The molecule has 130 valence electrons. The molecule has 0 aromatic heterocycles. The van der Waals surface area contributed by atoms with Crippen molar-refractivity contribution in [2.75, 3.05) is 0 Å². The van der Waals surface area contributed by atoms with Crippen LogP contribution in [0.25, 0.3) is 0 Å². The molecule has 1 aliphatic rings. The van der Waals surface area contributed by atoms with Crippen LogP contribution >= 0.6 is 0 Å². The second-order valence-electron chi connectivity index (χ2n) is 7.77. The fourth-order valence-electron chi connectivity index (χ4n) is 3.70. The molecule has 1 nitrogen and oxygen atoms in total. The average molecular weight is 349 g/mol. The van der Waals surface area contributed by atoms with E-state index in [1.54, 1.807) is 0 Å². The van der Waals surface area contributed by atoms with Crippen LogP contribution < -0.4 is 10.4 Å². The zero-order valence-corrected chi connectivity index (χ0v) is 16.5. The Kier molecular flexibility index (Phi) is 5.29. The summed E-state index contributed by atoms with van der Waals surface area (Å²) in [5, 5.41) is 2.67. The Balaban J connectivity index is 2.15. The van der Waals surface area contributed by atoms with Gasteiger partial charge in [0.1, 0.15) is 0 Å². The molecule has 0 saturated carbocycles. The van der Waals surface area contributed by atoms with Gasteiger partial charge in [-0.25, -0.2) is 0 Å². The molecule has 0 bridgehead atoms. The normalized spacial score (nSPS) is 16.8. The zero-order chi connectivity index (χ0) is 17.8. The second kappa shape index (κ2) is 7.45. The minimum absolute atomic E-state index is 0.0190. The van der Waals surface area contributed by atoms with Gasteiger partial charge in [-0.3, -0.25) is 0 Å².